The standard InChI is InChI=1S/C54H36N2O.C12H18.C2H6.CH4S.H2S/c1-3-17-43(18-4-1)55(44-19-5-2-6-20-44)45-28-25-37(26-29-45)38-13-11-14-39(33-38)40-15-12-16-41(34-40)42-27-31-53-49(35-42)50-36-46(30-32-54(50)57-53)56-51-23-9-7-21-47(51)48-22-8-10-24-52(48)56;1-5-6-7-12-8-9(2)10(3)11(12)4;2*1-2;/h1-36H;6-7H,5,8H2,1-4H3;1-2H3;2H,1H3;1H2/b;7-6-;;;. The van der Waals surface area contributed by atoms with E-state index >= 15 is 0 Å². The largest absolute Gasteiger partial charge is 0.456 e. The van der Waals surface area contributed by atoms with Crippen LogP contribution >= 0.6 is 26.1 Å². The molecule has 0 N–H and O–H groups in total. The third kappa shape index (κ3) is 10.8. The summed E-state index contributed by atoms with van der Waals surface area (Å²) in [6.07, 6.45) is 8.50. The van der Waals surface area contributed by atoms with Gasteiger partial charge < -0.3 is 13.9 Å². The summed E-state index contributed by atoms with van der Waals surface area (Å²) in [6, 6.07) is 78.0. The van der Waals surface area contributed by atoms with Crippen LogP contribution < -0.4 is 4.90 Å². The zero-order chi connectivity index (χ0) is 50.8. The Morgan fingerprint density at radius 2 is 0.905 bits per heavy atom. The summed E-state index contributed by atoms with van der Waals surface area (Å²) >= 11 is 3.53. The van der Waals surface area contributed by atoms with E-state index in [4.69, 9.17) is 4.42 Å². The van der Waals surface area contributed by atoms with Gasteiger partial charge in [-0.1, -0.05) is 166 Å². The summed E-state index contributed by atoms with van der Waals surface area (Å²) < 4.78 is 8.76. The summed E-state index contributed by atoms with van der Waals surface area (Å²) in [6.45, 7) is 12.8. The van der Waals surface area contributed by atoms with Gasteiger partial charge in [0.05, 0.1) is 11.0 Å². The van der Waals surface area contributed by atoms with Crippen LogP contribution in [0.3, 0.4) is 0 Å². The lowest BCUT2D eigenvalue weighted by Crippen LogP contribution is -2.09. The maximum atomic E-state index is 6.39. The monoisotopic (exact) mass is 1000 g/mol. The number of hydrogen-bond acceptors (Lipinski definition) is 3. The summed E-state index contributed by atoms with van der Waals surface area (Å²) in [4.78, 5) is 2.29. The zero-order valence-corrected chi connectivity index (χ0v) is 45.5. The number of furan rings is 1. The molecule has 0 unspecified atom stereocenters. The number of para-hydroxylation sites is 4. The molecule has 1 aliphatic rings. The van der Waals surface area contributed by atoms with Crippen molar-refractivity contribution in [1.82, 2.24) is 4.57 Å². The van der Waals surface area contributed by atoms with Crippen LogP contribution in [0.1, 0.15) is 54.4 Å². The van der Waals surface area contributed by atoms with Gasteiger partial charge in [0.25, 0.3) is 0 Å². The number of aromatic nitrogens is 1. The highest BCUT2D eigenvalue weighted by molar-refractivity contribution is 7.79. The maximum absolute atomic E-state index is 6.39. The van der Waals surface area contributed by atoms with E-state index < -0.39 is 0 Å². The SMILES string of the molecule is CC.CC/C=C\C1=C(C)C(C)=C(C)C1.CS.S.c1ccc(N(c2ccccc2)c2ccc(-c3cccc(-c4cccc(-c5ccc6oc7ccc(-n8c9ccccc9c9ccccc98)cc7c6c5)c4)c3)cc2)cc1. The minimum absolute atomic E-state index is 0. The number of nitrogens with zero attached hydrogens (tertiary/aromatic N) is 2. The molecule has 2 heterocycles. The Morgan fingerprint density at radius 3 is 1.42 bits per heavy atom. The molecule has 1 aliphatic carbocycles. The van der Waals surface area contributed by atoms with Crippen molar-refractivity contribution in [2.24, 2.45) is 0 Å². The van der Waals surface area contributed by atoms with Crippen molar-refractivity contribution in [3.8, 4) is 39.1 Å². The molecule has 0 saturated heterocycles. The highest BCUT2D eigenvalue weighted by Gasteiger charge is 2.17. The number of anilines is 3. The van der Waals surface area contributed by atoms with Gasteiger partial charge in [0.15, 0.2) is 0 Å². The molecule has 0 aliphatic heterocycles. The molecule has 370 valence electrons. The van der Waals surface area contributed by atoms with Crippen molar-refractivity contribution in [2.75, 3.05) is 11.2 Å². The second-order valence-corrected chi connectivity index (χ2v) is 18.1. The minimum Gasteiger partial charge on any atom is -0.456 e. The molecule has 5 heteroatoms. The first kappa shape index (κ1) is 52.6. The van der Waals surface area contributed by atoms with E-state index in [1.165, 1.54) is 71.9 Å². The minimum atomic E-state index is 0. The normalized spacial score (nSPS) is 12.1. The molecular weight excluding hydrogens is 937 g/mol. The van der Waals surface area contributed by atoms with Crippen molar-refractivity contribution in [3.05, 3.63) is 253 Å². The van der Waals surface area contributed by atoms with Crippen LogP contribution in [0.4, 0.5) is 17.1 Å². The molecule has 12 rings (SSSR count). The molecule has 11 aromatic rings. The molecule has 3 nitrogen and oxygen atoms in total. The van der Waals surface area contributed by atoms with Gasteiger partial charge in [-0.2, -0.15) is 26.1 Å². The fraction of sp³-hybridized carbons (Fsp3) is 0.130. The lowest BCUT2D eigenvalue weighted by atomic mass is 9.95. The van der Waals surface area contributed by atoms with Gasteiger partial charge in [-0.25, -0.2) is 0 Å². The average Bonchev–Trinajstić information content (AvgIpc) is 4.09. The number of hydrogen-bond donors (Lipinski definition) is 1. The fourth-order valence-electron chi connectivity index (χ4n) is 10.0. The summed E-state index contributed by atoms with van der Waals surface area (Å²) in [5, 5.41) is 4.73. The third-order valence-electron chi connectivity index (χ3n) is 13.9. The molecule has 2 aromatic heterocycles. The van der Waals surface area contributed by atoms with E-state index in [0.29, 0.717) is 0 Å². The molecular formula is C69H66N2OS2. The van der Waals surface area contributed by atoms with Crippen LogP contribution in [0.15, 0.2) is 257 Å². The van der Waals surface area contributed by atoms with Gasteiger partial charge in [-0.05, 0) is 181 Å². The van der Waals surface area contributed by atoms with Crippen LogP contribution in [0, 0.1) is 0 Å². The maximum Gasteiger partial charge on any atom is 0.135 e. The summed E-state index contributed by atoms with van der Waals surface area (Å²) in [7, 11) is 0. The topological polar surface area (TPSA) is 21.3 Å². The quantitative estimate of drug-likeness (QED) is 0.146. The Labute approximate surface area is 450 Å². The lowest BCUT2D eigenvalue weighted by molar-refractivity contribution is 0.669. The lowest BCUT2D eigenvalue weighted by Gasteiger charge is -2.25. The average molecular weight is 1000 g/mol. The van der Waals surface area contributed by atoms with Gasteiger partial charge in [0.1, 0.15) is 11.2 Å². The molecule has 74 heavy (non-hydrogen) atoms. The van der Waals surface area contributed by atoms with Gasteiger partial charge >= 0.3 is 0 Å². The Balaban J connectivity index is 0.000000375. The first-order valence-corrected chi connectivity index (χ1v) is 26.5. The van der Waals surface area contributed by atoms with Crippen LogP contribution in [-0.4, -0.2) is 10.8 Å². The number of thiol groups is 1. The Bertz CT molecular complexity index is 3670. The number of fused-ring (bicyclic) bond motifs is 6. The summed E-state index contributed by atoms with van der Waals surface area (Å²) in [5.74, 6) is 0. The molecule has 0 amide bonds. The number of allylic oxidation sites excluding steroid dienone is 6. The zero-order valence-electron chi connectivity index (χ0n) is 43.6. The van der Waals surface area contributed by atoms with Gasteiger partial charge in [0, 0.05) is 44.3 Å². The predicted molar refractivity (Wildman–Crippen MR) is 331 cm³/mol. The smallest absolute Gasteiger partial charge is 0.135 e. The van der Waals surface area contributed by atoms with E-state index in [1.807, 2.05) is 13.8 Å². The van der Waals surface area contributed by atoms with Crippen molar-refractivity contribution in [2.45, 2.75) is 54.4 Å². The van der Waals surface area contributed by atoms with Gasteiger partial charge in [-0.3, -0.25) is 0 Å². The molecule has 9 aromatic carbocycles. The highest BCUT2D eigenvalue weighted by atomic mass is 32.1. The van der Waals surface area contributed by atoms with Crippen molar-refractivity contribution in [1.29, 1.82) is 0 Å². The van der Waals surface area contributed by atoms with E-state index in [9.17, 15) is 0 Å². The van der Waals surface area contributed by atoms with Crippen molar-refractivity contribution < 1.29 is 4.42 Å². The first-order valence-electron chi connectivity index (χ1n) is 25.6. The second kappa shape index (κ2) is 24.3. The second-order valence-electron chi connectivity index (χ2n) is 18.1. The molecule has 0 saturated carbocycles. The van der Waals surface area contributed by atoms with Crippen LogP contribution in [-0.2, 0) is 0 Å². The molecule has 0 fully saturated rings. The highest BCUT2D eigenvalue weighted by Crippen LogP contribution is 2.39. The van der Waals surface area contributed by atoms with Crippen molar-refractivity contribution >= 4 is 86.9 Å². The first-order chi connectivity index (χ1) is 35.9. The van der Waals surface area contributed by atoms with Crippen LogP contribution in [0.25, 0.3) is 82.8 Å². The van der Waals surface area contributed by atoms with E-state index in [-0.39, 0.29) is 13.5 Å². The van der Waals surface area contributed by atoms with Gasteiger partial charge in [-0.15, -0.1) is 0 Å². The van der Waals surface area contributed by atoms with E-state index in [0.717, 1.165) is 63.1 Å². The van der Waals surface area contributed by atoms with Crippen LogP contribution in [0.5, 0.6) is 0 Å². The Kier molecular flexibility index (Phi) is 17.3. The third-order valence-corrected chi connectivity index (χ3v) is 13.9. The fourth-order valence-corrected chi connectivity index (χ4v) is 10.0. The molecule has 0 radical (unpaired) electrons. The number of benzene rings is 9. The Morgan fingerprint density at radius 1 is 0.459 bits per heavy atom. The number of rotatable bonds is 9. The van der Waals surface area contributed by atoms with Crippen LogP contribution in [0.2, 0.25) is 0 Å². The van der Waals surface area contributed by atoms with Gasteiger partial charge in [0.2, 0.25) is 0 Å². The molecule has 0 bridgehead atoms. The van der Waals surface area contributed by atoms with E-state index in [2.05, 4.69) is 280 Å². The molecule has 0 atom stereocenters. The molecule has 0 spiro atoms. The predicted octanol–water partition coefficient (Wildman–Crippen LogP) is 20.8. The van der Waals surface area contributed by atoms with Crippen molar-refractivity contribution in [3.63, 3.8) is 0 Å². The Hall–Kier alpha value is -7.70. The van der Waals surface area contributed by atoms with E-state index in [1.54, 1.807) is 6.26 Å². The summed E-state index contributed by atoms with van der Waals surface area (Å²) in [5.41, 5.74) is 21.7.